The number of carbonyl (C=O) groups excluding carboxylic acids is 1. The van der Waals surface area contributed by atoms with Crippen LogP contribution in [0.15, 0.2) is 16.8 Å². The molecule has 124 valence electrons. The maximum atomic E-state index is 12.7. The molecule has 1 aliphatic heterocycles. The fourth-order valence-electron chi connectivity index (χ4n) is 3.47. The number of ether oxygens (including phenoxy) is 1. The molecule has 0 saturated carbocycles. The molecule has 1 aliphatic rings. The molecule has 0 N–H and O–H groups in total. The molecule has 0 bridgehead atoms. The number of hydrogen-bond acceptors (Lipinski definition) is 4. The number of aryl methyl sites for hydroxylation is 3. The molecule has 1 atom stereocenters. The number of nitrogens with zero attached hydrogens (tertiary/aromatic N) is 3. The van der Waals surface area contributed by atoms with Crippen LogP contribution in [0.1, 0.15) is 42.1 Å². The first kappa shape index (κ1) is 16.1. The lowest BCUT2D eigenvalue weighted by Gasteiger charge is -2.25. The minimum atomic E-state index is 0.0913. The van der Waals surface area contributed by atoms with Gasteiger partial charge in [0.1, 0.15) is 0 Å². The molecule has 1 saturated heterocycles. The van der Waals surface area contributed by atoms with E-state index >= 15 is 0 Å². The van der Waals surface area contributed by atoms with Crippen molar-refractivity contribution in [2.75, 3.05) is 13.7 Å². The molecule has 1 fully saturated rings. The first-order valence-electron chi connectivity index (χ1n) is 8.00. The standard InChI is InChI=1S/C17H23N3O2S/c1-12-16(17(22-3)19(2)18-12)14-5-4-9-20(14)15(21)7-6-13-8-10-23-11-13/h8,10-11,14H,4-7,9H2,1-3H3/t14-/m0/s1. The van der Waals surface area contributed by atoms with Crippen molar-refractivity contribution in [3.63, 3.8) is 0 Å². The van der Waals surface area contributed by atoms with Gasteiger partial charge >= 0.3 is 0 Å². The van der Waals surface area contributed by atoms with E-state index in [0.717, 1.165) is 42.9 Å². The molecule has 6 heteroatoms. The van der Waals surface area contributed by atoms with E-state index in [1.165, 1.54) is 5.56 Å². The van der Waals surface area contributed by atoms with Crippen LogP contribution in [0.3, 0.4) is 0 Å². The van der Waals surface area contributed by atoms with E-state index in [1.54, 1.807) is 23.1 Å². The average Bonchev–Trinajstić information content (AvgIpc) is 3.24. The lowest BCUT2D eigenvalue weighted by Crippen LogP contribution is -2.31. The fraction of sp³-hybridized carbons (Fsp3) is 0.529. The Balaban J connectivity index is 1.76. The SMILES string of the molecule is COc1c([C@@H]2CCCN2C(=O)CCc2ccsc2)c(C)nn1C. The van der Waals surface area contributed by atoms with Crippen molar-refractivity contribution >= 4 is 17.2 Å². The minimum Gasteiger partial charge on any atom is -0.481 e. The number of amides is 1. The second-order valence-corrected chi connectivity index (χ2v) is 6.79. The Labute approximate surface area is 140 Å². The molecule has 1 amide bonds. The van der Waals surface area contributed by atoms with Gasteiger partial charge in [-0.05, 0) is 48.6 Å². The highest BCUT2D eigenvalue weighted by molar-refractivity contribution is 7.07. The lowest BCUT2D eigenvalue weighted by atomic mass is 10.0. The van der Waals surface area contributed by atoms with Crippen LogP contribution in [0.4, 0.5) is 0 Å². The van der Waals surface area contributed by atoms with Crippen molar-refractivity contribution in [2.24, 2.45) is 7.05 Å². The number of thiophene rings is 1. The summed E-state index contributed by atoms with van der Waals surface area (Å²) in [6.07, 6.45) is 3.39. The maximum absolute atomic E-state index is 12.7. The quantitative estimate of drug-likeness (QED) is 0.845. The number of likely N-dealkylation sites (tertiary alicyclic amines) is 1. The van der Waals surface area contributed by atoms with Crippen molar-refractivity contribution in [2.45, 2.75) is 38.6 Å². The Hall–Kier alpha value is -1.82. The Bertz CT molecular complexity index is 678. The van der Waals surface area contributed by atoms with Crippen LogP contribution in [-0.4, -0.2) is 34.2 Å². The summed E-state index contributed by atoms with van der Waals surface area (Å²) in [5, 5.41) is 8.63. The van der Waals surface area contributed by atoms with Crippen LogP contribution in [0, 0.1) is 6.92 Å². The van der Waals surface area contributed by atoms with Gasteiger partial charge in [0.15, 0.2) is 0 Å². The smallest absolute Gasteiger partial charge is 0.223 e. The highest BCUT2D eigenvalue weighted by Gasteiger charge is 2.34. The minimum absolute atomic E-state index is 0.0913. The van der Waals surface area contributed by atoms with Crippen molar-refractivity contribution in [3.8, 4) is 5.88 Å². The summed E-state index contributed by atoms with van der Waals surface area (Å²) in [5.41, 5.74) is 3.26. The molecule has 0 aromatic carbocycles. The molecule has 23 heavy (non-hydrogen) atoms. The van der Waals surface area contributed by atoms with Crippen molar-refractivity contribution in [3.05, 3.63) is 33.6 Å². The molecule has 0 spiro atoms. The number of aromatic nitrogens is 2. The predicted octanol–water partition coefficient (Wildman–Crippen LogP) is 3.09. The highest BCUT2D eigenvalue weighted by atomic mass is 32.1. The van der Waals surface area contributed by atoms with E-state index in [1.807, 2.05) is 18.9 Å². The third kappa shape index (κ3) is 3.13. The fourth-order valence-corrected chi connectivity index (χ4v) is 4.18. The molecule has 3 rings (SSSR count). The molecule has 2 aromatic heterocycles. The molecule has 0 radical (unpaired) electrons. The van der Waals surface area contributed by atoms with Gasteiger partial charge in [0.2, 0.25) is 11.8 Å². The zero-order chi connectivity index (χ0) is 16.4. The third-order valence-electron chi connectivity index (χ3n) is 4.52. The molecular formula is C17H23N3O2S. The summed E-state index contributed by atoms with van der Waals surface area (Å²) in [6.45, 7) is 2.81. The van der Waals surface area contributed by atoms with E-state index in [9.17, 15) is 4.79 Å². The van der Waals surface area contributed by atoms with Gasteiger partial charge in [0.25, 0.3) is 0 Å². The average molecular weight is 333 g/mol. The largest absolute Gasteiger partial charge is 0.481 e. The van der Waals surface area contributed by atoms with Gasteiger partial charge in [-0.3, -0.25) is 4.79 Å². The highest BCUT2D eigenvalue weighted by Crippen LogP contribution is 2.39. The zero-order valence-corrected chi connectivity index (χ0v) is 14.7. The second-order valence-electron chi connectivity index (χ2n) is 6.01. The van der Waals surface area contributed by atoms with Crippen molar-refractivity contribution in [1.82, 2.24) is 14.7 Å². The molecule has 2 aromatic rings. The molecule has 3 heterocycles. The van der Waals surface area contributed by atoms with Gasteiger partial charge in [-0.15, -0.1) is 0 Å². The topological polar surface area (TPSA) is 47.4 Å². The van der Waals surface area contributed by atoms with Gasteiger partial charge in [0.05, 0.1) is 24.4 Å². The maximum Gasteiger partial charge on any atom is 0.223 e. The van der Waals surface area contributed by atoms with E-state index in [-0.39, 0.29) is 11.9 Å². The number of carbonyl (C=O) groups is 1. The second kappa shape index (κ2) is 6.74. The van der Waals surface area contributed by atoms with Crippen molar-refractivity contribution < 1.29 is 9.53 Å². The van der Waals surface area contributed by atoms with Crippen LogP contribution >= 0.6 is 11.3 Å². The Morgan fingerprint density at radius 3 is 3.04 bits per heavy atom. The monoisotopic (exact) mass is 333 g/mol. The Morgan fingerprint density at radius 1 is 1.52 bits per heavy atom. The number of rotatable bonds is 5. The first-order chi connectivity index (χ1) is 11.1. The van der Waals surface area contributed by atoms with E-state index in [2.05, 4.69) is 21.9 Å². The van der Waals surface area contributed by atoms with Crippen LogP contribution in [-0.2, 0) is 18.3 Å². The van der Waals surface area contributed by atoms with Crippen LogP contribution in [0.25, 0.3) is 0 Å². The number of hydrogen-bond donors (Lipinski definition) is 0. The summed E-state index contributed by atoms with van der Waals surface area (Å²) < 4.78 is 7.28. The van der Waals surface area contributed by atoms with E-state index in [0.29, 0.717) is 6.42 Å². The molecule has 5 nitrogen and oxygen atoms in total. The lowest BCUT2D eigenvalue weighted by molar-refractivity contribution is -0.132. The van der Waals surface area contributed by atoms with E-state index < -0.39 is 0 Å². The Morgan fingerprint density at radius 2 is 2.35 bits per heavy atom. The summed E-state index contributed by atoms with van der Waals surface area (Å²) >= 11 is 1.68. The molecule has 0 unspecified atom stereocenters. The van der Waals surface area contributed by atoms with Crippen LogP contribution in [0.5, 0.6) is 5.88 Å². The van der Waals surface area contributed by atoms with Gasteiger partial charge < -0.3 is 9.64 Å². The van der Waals surface area contributed by atoms with E-state index in [4.69, 9.17) is 4.74 Å². The third-order valence-corrected chi connectivity index (χ3v) is 5.25. The van der Waals surface area contributed by atoms with Gasteiger partial charge in [-0.2, -0.15) is 16.4 Å². The van der Waals surface area contributed by atoms with Gasteiger partial charge in [0, 0.05) is 20.0 Å². The normalized spacial score (nSPS) is 17.7. The van der Waals surface area contributed by atoms with Crippen molar-refractivity contribution in [1.29, 1.82) is 0 Å². The summed E-state index contributed by atoms with van der Waals surface area (Å²) in [7, 11) is 3.55. The summed E-state index contributed by atoms with van der Waals surface area (Å²) in [4.78, 5) is 14.7. The van der Waals surface area contributed by atoms with Crippen LogP contribution in [0.2, 0.25) is 0 Å². The van der Waals surface area contributed by atoms with Gasteiger partial charge in [-0.25, -0.2) is 4.68 Å². The van der Waals surface area contributed by atoms with Gasteiger partial charge in [-0.1, -0.05) is 0 Å². The molecule has 0 aliphatic carbocycles. The molecular weight excluding hydrogens is 310 g/mol. The van der Waals surface area contributed by atoms with Crippen LogP contribution < -0.4 is 4.74 Å². The summed E-state index contributed by atoms with van der Waals surface area (Å²) in [6, 6.07) is 2.18. The summed E-state index contributed by atoms with van der Waals surface area (Å²) in [5.74, 6) is 0.994. The Kier molecular flexibility index (Phi) is 4.71. The number of methoxy groups -OCH3 is 1. The first-order valence-corrected chi connectivity index (χ1v) is 8.94. The predicted molar refractivity (Wildman–Crippen MR) is 90.8 cm³/mol. The zero-order valence-electron chi connectivity index (χ0n) is 13.9.